The first-order valence-electron chi connectivity index (χ1n) is 7.11. The van der Waals surface area contributed by atoms with Crippen LogP contribution in [-0.2, 0) is 0 Å². The molecule has 0 aliphatic carbocycles. The Morgan fingerprint density at radius 3 is 2.59 bits per heavy atom. The number of likely N-dealkylation sites (N-methyl/N-ethyl adjacent to an activating group) is 1. The third kappa shape index (κ3) is 3.65. The zero-order valence-electron chi connectivity index (χ0n) is 11.0. The first-order chi connectivity index (χ1) is 8.23. The number of nitrogens with one attached hydrogen (secondary N) is 2. The summed E-state index contributed by atoms with van der Waals surface area (Å²) in [5, 5.41) is 17.4. The molecule has 4 heteroatoms. The van der Waals surface area contributed by atoms with Crippen molar-refractivity contribution in [1.29, 1.82) is 0 Å². The lowest BCUT2D eigenvalue weighted by Crippen LogP contribution is -2.54. The van der Waals surface area contributed by atoms with Gasteiger partial charge in [0.15, 0.2) is 0 Å². The predicted octanol–water partition coefficient (Wildman–Crippen LogP) is 0.175. The first kappa shape index (κ1) is 13.3. The summed E-state index contributed by atoms with van der Waals surface area (Å²) in [6.45, 7) is 8.25. The molecule has 2 saturated heterocycles. The highest BCUT2D eigenvalue weighted by atomic mass is 16.3. The van der Waals surface area contributed by atoms with E-state index in [-0.39, 0.29) is 0 Å². The van der Waals surface area contributed by atoms with Crippen molar-refractivity contribution in [2.45, 2.75) is 44.2 Å². The summed E-state index contributed by atoms with van der Waals surface area (Å²) in [7, 11) is 0. The molecule has 17 heavy (non-hydrogen) atoms. The van der Waals surface area contributed by atoms with Crippen molar-refractivity contribution in [2.24, 2.45) is 0 Å². The second-order valence-electron chi connectivity index (χ2n) is 5.54. The average Bonchev–Trinajstić information content (AvgIpc) is 2.38. The monoisotopic (exact) mass is 241 g/mol. The van der Waals surface area contributed by atoms with E-state index in [0.29, 0.717) is 6.04 Å². The molecule has 0 radical (unpaired) electrons. The van der Waals surface area contributed by atoms with Gasteiger partial charge >= 0.3 is 0 Å². The fraction of sp³-hybridized carbons (Fsp3) is 1.00. The van der Waals surface area contributed by atoms with Gasteiger partial charge in [0.25, 0.3) is 0 Å². The standard InChI is InChI=1S/C13H27N3O/c1-2-16(12-4-3-7-15-10-12)11-13(17)5-8-14-9-6-13/h12,14-15,17H,2-11H2,1H3. The van der Waals surface area contributed by atoms with Crippen molar-refractivity contribution < 1.29 is 5.11 Å². The van der Waals surface area contributed by atoms with Crippen molar-refractivity contribution in [2.75, 3.05) is 39.3 Å². The van der Waals surface area contributed by atoms with Crippen LogP contribution < -0.4 is 10.6 Å². The van der Waals surface area contributed by atoms with Crippen molar-refractivity contribution >= 4 is 0 Å². The van der Waals surface area contributed by atoms with E-state index in [1.807, 2.05) is 0 Å². The molecule has 100 valence electrons. The summed E-state index contributed by atoms with van der Waals surface area (Å²) in [5.41, 5.74) is -0.460. The van der Waals surface area contributed by atoms with Crippen LogP contribution in [0.2, 0.25) is 0 Å². The molecule has 0 aromatic carbocycles. The average molecular weight is 241 g/mol. The van der Waals surface area contributed by atoms with Crippen LogP contribution in [0.15, 0.2) is 0 Å². The van der Waals surface area contributed by atoms with E-state index in [1.54, 1.807) is 0 Å². The lowest BCUT2D eigenvalue weighted by atomic mass is 9.91. The van der Waals surface area contributed by atoms with Crippen LogP contribution in [-0.4, -0.2) is 60.9 Å². The molecule has 2 fully saturated rings. The Labute approximate surface area is 105 Å². The molecule has 1 atom stereocenters. The fourth-order valence-corrected chi connectivity index (χ4v) is 3.07. The van der Waals surface area contributed by atoms with Gasteiger partial charge in [0, 0.05) is 19.1 Å². The Morgan fingerprint density at radius 1 is 1.24 bits per heavy atom. The third-order valence-electron chi connectivity index (χ3n) is 4.23. The van der Waals surface area contributed by atoms with Crippen molar-refractivity contribution in [1.82, 2.24) is 15.5 Å². The number of piperidine rings is 2. The molecule has 2 aliphatic rings. The van der Waals surface area contributed by atoms with E-state index in [1.165, 1.54) is 12.8 Å². The summed E-state index contributed by atoms with van der Waals surface area (Å²) in [4.78, 5) is 2.47. The molecule has 2 aliphatic heterocycles. The maximum atomic E-state index is 10.6. The normalized spacial score (nSPS) is 29.5. The highest BCUT2D eigenvalue weighted by Crippen LogP contribution is 2.22. The van der Waals surface area contributed by atoms with Crippen LogP contribution in [0.4, 0.5) is 0 Å². The van der Waals surface area contributed by atoms with Gasteiger partial charge in [-0.1, -0.05) is 6.92 Å². The largest absolute Gasteiger partial charge is 0.388 e. The lowest BCUT2D eigenvalue weighted by molar-refractivity contribution is -0.0318. The SMILES string of the molecule is CCN(CC1(O)CCNCC1)C1CCCNC1. The minimum atomic E-state index is -0.460. The van der Waals surface area contributed by atoms with Gasteiger partial charge in [-0.05, 0) is 51.9 Å². The number of hydrogen-bond acceptors (Lipinski definition) is 4. The van der Waals surface area contributed by atoms with E-state index in [2.05, 4.69) is 22.5 Å². The predicted molar refractivity (Wildman–Crippen MR) is 70.2 cm³/mol. The zero-order valence-corrected chi connectivity index (χ0v) is 11.0. The van der Waals surface area contributed by atoms with Gasteiger partial charge in [-0.3, -0.25) is 4.90 Å². The molecule has 0 amide bonds. The quantitative estimate of drug-likeness (QED) is 0.657. The smallest absolute Gasteiger partial charge is 0.0798 e. The molecular weight excluding hydrogens is 214 g/mol. The molecule has 0 spiro atoms. The number of aliphatic hydroxyl groups is 1. The molecular formula is C13H27N3O. The fourth-order valence-electron chi connectivity index (χ4n) is 3.07. The van der Waals surface area contributed by atoms with Gasteiger partial charge in [-0.25, -0.2) is 0 Å². The summed E-state index contributed by atoms with van der Waals surface area (Å²) >= 11 is 0. The molecule has 1 unspecified atom stereocenters. The Kier molecular flexibility index (Phi) is 4.79. The number of hydrogen-bond donors (Lipinski definition) is 3. The second-order valence-corrected chi connectivity index (χ2v) is 5.54. The van der Waals surface area contributed by atoms with Gasteiger partial charge in [-0.2, -0.15) is 0 Å². The Hall–Kier alpha value is -0.160. The summed E-state index contributed by atoms with van der Waals surface area (Å²) in [6.07, 6.45) is 4.32. The van der Waals surface area contributed by atoms with Crippen LogP contribution in [0.1, 0.15) is 32.6 Å². The first-order valence-corrected chi connectivity index (χ1v) is 7.11. The second kappa shape index (κ2) is 6.14. The van der Waals surface area contributed by atoms with Crippen LogP contribution in [0.5, 0.6) is 0 Å². The van der Waals surface area contributed by atoms with E-state index in [0.717, 1.165) is 52.1 Å². The molecule has 0 aromatic rings. The third-order valence-corrected chi connectivity index (χ3v) is 4.23. The molecule has 0 saturated carbocycles. The van der Waals surface area contributed by atoms with Crippen LogP contribution in [0, 0.1) is 0 Å². The van der Waals surface area contributed by atoms with Gasteiger partial charge in [-0.15, -0.1) is 0 Å². The van der Waals surface area contributed by atoms with E-state index in [9.17, 15) is 5.11 Å². The molecule has 0 aromatic heterocycles. The van der Waals surface area contributed by atoms with E-state index in [4.69, 9.17) is 0 Å². The topological polar surface area (TPSA) is 47.5 Å². The maximum Gasteiger partial charge on any atom is 0.0798 e. The molecule has 4 nitrogen and oxygen atoms in total. The van der Waals surface area contributed by atoms with Gasteiger partial charge in [0.1, 0.15) is 0 Å². The minimum Gasteiger partial charge on any atom is -0.388 e. The van der Waals surface area contributed by atoms with Crippen LogP contribution in [0.25, 0.3) is 0 Å². The minimum absolute atomic E-state index is 0.460. The lowest BCUT2D eigenvalue weighted by Gasteiger charge is -2.41. The molecule has 2 heterocycles. The van der Waals surface area contributed by atoms with Gasteiger partial charge < -0.3 is 15.7 Å². The summed E-state index contributed by atoms with van der Waals surface area (Å²) in [6, 6.07) is 0.618. The molecule has 0 bridgehead atoms. The van der Waals surface area contributed by atoms with Crippen molar-refractivity contribution in [3.05, 3.63) is 0 Å². The molecule has 3 N–H and O–H groups in total. The van der Waals surface area contributed by atoms with Crippen molar-refractivity contribution in [3.63, 3.8) is 0 Å². The Morgan fingerprint density at radius 2 is 2.00 bits per heavy atom. The Balaban J connectivity index is 1.88. The number of nitrogens with zero attached hydrogens (tertiary/aromatic N) is 1. The van der Waals surface area contributed by atoms with Gasteiger partial charge in [0.05, 0.1) is 5.60 Å². The Bertz CT molecular complexity index is 223. The molecule has 2 rings (SSSR count). The van der Waals surface area contributed by atoms with Crippen molar-refractivity contribution in [3.8, 4) is 0 Å². The number of rotatable bonds is 4. The van der Waals surface area contributed by atoms with Crippen LogP contribution >= 0.6 is 0 Å². The summed E-state index contributed by atoms with van der Waals surface area (Å²) < 4.78 is 0. The highest BCUT2D eigenvalue weighted by molar-refractivity contribution is 4.90. The van der Waals surface area contributed by atoms with Gasteiger partial charge in [0.2, 0.25) is 0 Å². The maximum absolute atomic E-state index is 10.6. The van der Waals surface area contributed by atoms with E-state index < -0.39 is 5.60 Å². The summed E-state index contributed by atoms with van der Waals surface area (Å²) in [5.74, 6) is 0. The highest BCUT2D eigenvalue weighted by Gasteiger charge is 2.33. The van der Waals surface area contributed by atoms with Crippen LogP contribution in [0.3, 0.4) is 0 Å². The van der Waals surface area contributed by atoms with E-state index >= 15 is 0 Å². The zero-order chi connectivity index (χ0) is 12.1.